The molecule has 1 atom stereocenters. The summed E-state index contributed by atoms with van der Waals surface area (Å²) < 4.78 is 16.5. The predicted octanol–water partition coefficient (Wildman–Crippen LogP) is 4.46. The first-order valence-corrected chi connectivity index (χ1v) is 10.5. The van der Waals surface area contributed by atoms with E-state index in [-0.39, 0.29) is 11.6 Å². The van der Waals surface area contributed by atoms with Gasteiger partial charge in [-0.15, -0.1) is 0 Å². The number of amides is 1. The number of hydrogen-bond donors (Lipinski definition) is 1. The van der Waals surface area contributed by atoms with E-state index in [1.54, 1.807) is 24.8 Å². The standard InChI is InChI=1S/C25H21FN6O/c1-14-9-21-16(5-4-8-28-21)10-19(14)15(2)32-13-30-23-24(32)31-22(12-29-23)17-6-7-18(20(26)11-17)25(33)27-3/h4-13,15H,1-3H3,(H,27,33). The quantitative estimate of drug-likeness (QED) is 0.446. The number of aromatic nitrogens is 5. The van der Waals surface area contributed by atoms with Gasteiger partial charge in [0.15, 0.2) is 11.3 Å². The van der Waals surface area contributed by atoms with Gasteiger partial charge in [0.1, 0.15) is 5.82 Å². The Morgan fingerprint density at radius 1 is 1.12 bits per heavy atom. The van der Waals surface area contributed by atoms with Crippen molar-refractivity contribution in [3.8, 4) is 11.3 Å². The van der Waals surface area contributed by atoms with Crippen molar-refractivity contribution in [3.63, 3.8) is 0 Å². The molecule has 1 amide bonds. The summed E-state index contributed by atoms with van der Waals surface area (Å²) >= 11 is 0. The van der Waals surface area contributed by atoms with Crippen molar-refractivity contribution in [2.45, 2.75) is 19.9 Å². The highest BCUT2D eigenvalue weighted by Crippen LogP contribution is 2.29. The lowest BCUT2D eigenvalue weighted by Gasteiger charge is -2.18. The molecule has 1 N–H and O–H groups in total. The zero-order valence-electron chi connectivity index (χ0n) is 18.4. The summed E-state index contributed by atoms with van der Waals surface area (Å²) in [7, 11) is 1.46. The Morgan fingerprint density at radius 3 is 2.76 bits per heavy atom. The molecule has 2 aromatic carbocycles. The lowest BCUT2D eigenvalue weighted by Crippen LogP contribution is -2.19. The Kier molecular flexibility index (Phi) is 5.05. The highest BCUT2D eigenvalue weighted by Gasteiger charge is 2.18. The van der Waals surface area contributed by atoms with Crippen molar-refractivity contribution < 1.29 is 9.18 Å². The molecule has 0 aliphatic heterocycles. The number of nitrogens with zero attached hydrogens (tertiary/aromatic N) is 5. The van der Waals surface area contributed by atoms with Gasteiger partial charge >= 0.3 is 0 Å². The summed E-state index contributed by atoms with van der Waals surface area (Å²) in [4.78, 5) is 29.8. The number of imidazole rings is 1. The third-order valence-electron chi connectivity index (χ3n) is 5.88. The SMILES string of the molecule is CNC(=O)c1ccc(-c2cnc3ncn(C(C)c4cc5cccnc5cc4C)c3n2)cc1F. The van der Waals surface area contributed by atoms with Crippen LogP contribution in [0.3, 0.4) is 0 Å². The third kappa shape index (κ3) is 3.59. The van der Waals surface area contributed by atoms with Crippen LogP contribution in [0, 0.1) is 12.7 Å². The molecule has 0 saturated carbocycles. The fraction of sp³-hybridized carbons (Fsp3) is 0.160. The van der Waals surface area contributed by atoms with Crippen molar-refractivity contribution in [1.82, 2.24) is 29.8 Å². The minimum absolute atomic E-state index is 0.0183. The molecule has 3 heterocycles. The maximum absolute atomic E-state index is 14.5. The van der Waals surface area contributed by atoms with Crippen LogP contribution in [0.4, 0.5) is 4.39 Å². The summed E-state index contributed by atoms with van der Waals surface area (Å²) in [5.41, 5.74) is 5.31. The average molecular weight is 440 g/mol. The Labute approximate surface area is 189 Å². The minimum Gasteiger partial charge on any atom is -0.355 e. The van der Waals surface area contributed by atoms with E-state index in [9.17, 15) is 9.18 Å². The van der Waals surface area contributed by atoms with E-state index in [1.807, 2.05) is 16.7 Å². The highest BCUT2D eigenvalue weighted by atomic mass is 19.1. The van der Waals surface area contributed by atoms with Crippen molar-refractivity contribution in [2.75, 3.05) is 7.05 Å². The van der Waals surface area contributed by atoms with E-state index in [4.69, 9.17) is 4.98 Å². The Hall–Kier alpha value is -4.20. The van der Waals surface area contributed by atoms with E-state index in [2.05, 4.69) is 46.2 Å². The predicted molar refractivity (Wildman–Crippen MR) is 124 cm³/mol. The van der Waals surface area contributed by atoms with Crippen LogP contribution < -0.4 is 5.32 Å². The lowest BCUT2D eigenvalue weighted by molar-refractivity contribution is 0.0959. The third-order valence-corrected chi connectivity index (χ3v) is 5.88. The first-order valence-electron chi connectivity index (χ1n) is 10.5. The maximum atomic E-state index is 14.5. The van der Waals surface area contributed by atoms with Crippen LogP contribution in [-0.4, -0.2) is 37.5 Å². The Balaban J connectivity index is 1.57. The van der Waals surface area contributed by atoms with Crippen LogP contribution in [0.5, 0.6) is 0 Å². The molecule has 164 valence electrons. The first-order chi connectivity index (χ1) is 16.0. The van der Waals surface area contributed by atoms with E-state index >= 15 is 0 Å². The largest absolute Gasteiger partial charge is 0.355 e. The van der Waals surface area contributed by atoms with E-state index in [0.717, 1.165) is 22.0 Å². The lowest BCUT2D eigenvalue weighted by atomic mass is 9.99. The van der Waals surface area contributed by atoms with Crippen LogP contribution in [0.2, 0.25) is 0 Å². The van der Waals surface area contributed by atoms with Crippen LogP contribution >= 0.6 is 0 Å². The number of benzene rings is 2. The molecule has 5 rings (SSSR count). The van der Waals surface area contributed by atoms with Crippen molar-refractivity contribution in [3.05, 3.63) is 83.7 Å². The van der Waals surface area contributed by atoms with Gasteiger partial charge in [-0.1, -0.05) is 12.1 Å². The van der Waals surface area contributed by atoms with Crippen LogP contribution in [0.15, 0.2) is 61.2 Å². The van der Waals surface area contributed by atoms with Crippen LogP contribution in [-0.2, 0) is 0 Å². The van der Waals surface area contributed by atoms with E-state index < -0.39 is 11.7 Å². The average Bonchev–Trinajstić information content (AvgIpc) is 3.26. The van der Waals surface area contributed by atoms with Gasteiger partial charge in [0.05, 0.1) is 35.3 Å². The van der Waals surface area contributed by atoms with Crippen LogP contribution in [0.1, 0.15) is 34.5 Å². The molecule has 0 spiro atoms. The summed E-state index contributed by atoms with van der Waals surface area (Å²) in [5.74, 6) is -1.09. The number of aryl methyl sites for hydroxylation is 1. The second kappa shape index (κ2) is 8.05. The first kappa shape index (κ1) is 20.7. The number of rotatable bonds is 4. The number of carbonyl (C=O) groups is 1. The molecule has 0 aliphatic rings. The van der Waals surface area contributed by atoms with E-state index in [1.165, 1.54) is 19.2 Å². The van der Waals surface area contributed by atoms with Crippen molar-refractivity contribution in [1.29, 1.82) is 0 Å². The zero-order chi connectivity index (χ0) is 23.1. The van der Waals surface area contributed by atoms with Gasteiger partial charge in [-0.05, 0) is 55.3 Å². The fourth-order valence-electron chi connectivity index (χ4n) is 4.07. The fourth-order valence-corrected chi connectivity index (χ4v) is 4.07. The summed E-state index contributed by atoms with van der Waals surface area (Å²) in [6, 6.07) is 12.5. The van der Waals surface area contributed by atoms with Crippen molar-refractivity contribution in [2.24, 2.45) is 0 Å². The van der Waals surface area contributed by atoms with Gasteiger partial charge in [-0.25, -0.2) is 19.3 Å². The summed E-state index contributed by atoms with van der Waals surface area (Å²) in [5, 5.41) is 3.49. The molecular formula is C25H21FN6O. The number of carbonyl (C=O) groups excluding carboxylic acids is 1. The smallest absolute Gasteiger partial charge is 0.253 e. The zero-order valence-corrected chi connectivity index (χ0v) is 18.4. The molecular weight excluding hydrogens is 419 g/mol. The highest BCUT2D eigenvalue weighted by molar-refractivity contribution is 5.94. The molecule has 1 unspecified atom stereocenters. The van der Waals surface area contributed by atoms with Gasteiger partial charge < -0.3 is 9.88 Å². The molecule has 8 heteroatoms. The minimum atomic E-state index is -0.615. The number of hydrogen-bond acceptors (Lipinski definition) is 5. The number of halogens is 1. The van der Waals surface area contributed by atoms with Gasteiger partial charge in [-0.3, -0.25) is 9.78 Å². The molecule has 33 heavy (non-hydrogen) atoms. The molecule has 0 fully saturated rings. The summed E-state index contributed by atoms with van der Waals surface area (Å²) in [6.07, 6.45) is 5.07. The molecule has 0 aliphatic carbocycles. The van der Waals surface area contributed by atoms with Gasteiger partial charge in [0.25, 0.3) is 5.91 Å². The van der Waals surface area contributed by atoms with Gasteiger partial charge in [0.2, 0.25) is 0 Å². The Bertz CT molecular complexity index is 1530. The molecule has 5 aromatic rings. The van der Waals surface area contributed by atoms with Crippen LogP contribution in [0.25, 0.3) is 33.5 Å². The van der Waals surface area contributed by atoms with Gasteiger partial charge in [0, 0.05) is 24.2 Å². The van der Waals surface area contributed by atoms with Crippen molar-refractivity contribution >= 4 is 28.1 Å². The normalized spacial score (nSPS) is 12.2. The van der Waals surface area contributed by atoms with E-state index in [0.29, 0.717) is 22.6 Å². The topological polar surface area (TPSA) is 85.6 Å². The molecule has 0 saturated heterocycles. The molecule has 0 bridgehead atoms. The molecule has 3 aromatic heterocycles. The Morgan fingerprint density at radius 2 is 1.97 bits per heavy atom. The second-order valence-electron chi connectivity index (χ2n) is 7.91. The summed E-state index contributed by atoms with van der Waals surface area (Å²) in [6.45, 7) is 4.14. The molecule has 7 nitrogen and oxygen atoms in total. The monoisotopic (exact) mass is 440 g/mol. The number of fused-ring (bicyclic) bond motifs is 2. The van der Waals surface area contributed by atoms with Gasteiger partial charge in [-0.2, -0.15) is 0 Å². The maximum Gasteiger partial charge on any atom is 0.253 e. The second-order valence-corrected chi connectivity index (χ2v) is 7.91. The molecule has 0 radical (unpaired) electrons. The number of pyridine rings is 1. The number of nitrogens with one attached hydrogen (secondary N) is 1.